The van der Waals surface area contributed by atoms with Crippen LogP contribution in [0.1, 0.15) is 0 Å². The third-order valence-electron chi connectivity index (χ3n) is 1.53. The van der Waals surface area contributed by atoms with E-state index in [1.54, 1.807) is 18.2 Å². The summed E-state index contributed by atoms with van der Waals surface area (Å²) in [7, 11) is 0. The van der Waals surface area contributed by atoms with E-state index >= 15 is 0 Å². The summed E-state index contributed by atoms with van der Waals surface area (Å²) in [5.74, 6) is -0.402. The first-order valence-electron chi connectivity index (χ1n) is 4.34. The Labute approximate surface area is 102 Å². The Morgan fingerprint density at radius 1 is 1.06 bits per heavy atom. The van der Waals surface area contributed by atoms with Crippen molar-refractivity contribution in [3.05, 3.63) is 18.2 Å². The number of alkyl halides is 2. The molecule has 0 saturated heterocycles. The quantitative estimate of drug-likeness (QED) is 0.806. The molecule has 1 heterocycles. The summed E-state index contributed by atoms with van der Waals surface area (Å²) in [6.45, 7) is 0. The molecule has 0 aliphatic heterocycles. The van der Waals surface area contributed by atoms with Crippen molar-refractivity contribution in [3.63, 3.8) is 0 Å². The van der Waals surface area contributed by atoms with Gasteiger partial charge in [0.15, 0.2) is 0 Å². The van der Waals surface area contributed by atoms with Crippen LogP contribution in [-0.4, -0.2) is 28.6 Å². The molecule has 0 aliphatic rings. The molecule has 0 atom stereocenters. The highest BCUT2D eigenvalue weighted by molar-refractivity contribution is 6.29. The number of aromatic nitrogens is 1. The molecule has 86 valence electrons. The van der Waals surface area contributed by atoms with Crippen LogP contribution in [0.5, 0.6) is 0 Å². The van der Waals surface area contributed by atoms with Gasteiger partial charge in [-0.05, 0) is 12.1 Å². The molecule has 2 N–H and O–H groups in total. The Hall–Kier alpha value is -1.33. The number of halogens is 2. The smallest absolute Gasteiger partial charge is 0.240 e. The van der Waals surface area contributed by atoms with E-state index in [0.717, 1.165) is 0 Å². The molecule has 0 aliphatic carbocycles. The maximum atomic E-state index is 11.0. The largest absolute Gasteiger partial charge is 0.310 e. The van der Waals surface area contributed by atoms with E-state index < -0.39 is 0 Å². The highest BCUT2D eigenvalue weighted by atomic mass is 35.5. The Kier molecular flexibility index (Phi) is 5.01. The summed E-state index contributed by atoms with van der Waals surface area (Å²) >= 11 is 10.6. The second-order valence-electron chi connectivity index (χ2n) is 2.77. The molecule has 5 nitrogen and oxygen atoms in total. The van der Waals surface area contributed by atoms with Crippen LogP contribution in [0.3, 0.4) is 0 Å². The molecule has 0 aromatic carbocycles. The summed E-state index contributed by atoms with van der Waals surface area (Å²) in [5.41, 5.74) is 0. The van der Waals surface area contributed by atoms with Gasteiger partial charge in [0.25, 0.3) is 0 Å². The predicted octanol–water partition coefficient (Wildman–Crippen LogP) is 1.44. The molecule has 16 heavy (non-hydrogen) atoms. The Bertz CT molecular complexity index is 365. The summed E-state index contributed by atoms with van der Waals surface area (Å²) in [6, 6.07) is 4.81. The number of nitrogens with one attached hydrogen (secondary N) is 2. The van der Waals surface area contributed by atoms with Crippen molar-refractivity contribution in [3.8, 4) is 0 Å². The number of nitrogens with zero attached hydrogens (tertiary/aromatic N) is 1. The number of rotatable bonds is 4. The first-order chi connectivity index (χ1) is 7.65. The number of anilines is 2. The van der Waals surface area contributed by atoms with E-state index in [9.17, 15) is 9.59 Å². The van der Waals surface area contributed by atoms with Crippen LogP contribution in [-0.2, 0) is 9.59 Å². The molecular weight excluding hydrogens is 253 g/mol. The monoisotopic (exact) mass is 261 g/mol. The van der Waals surface area contributed by atoms with Gasteiger partial charge in [-0.3, -0.25) is 9.59 Å². The van der Waals surface area contributed by atoms with Crippen molar-refractivity contribution in [1.82, 2.24) is 4.98 Å². The van der Waals surface area contributed by atoms with E-state index in [4.69, 9.17) is 23.2 Å². The van der Waals surface area contributed by atoms with Gasteiger partial charge in [-0.1, -0.05) is 6.07 Å². The van der Waals surface area contributed by atoms with Crippen molar-refractivity contribution in [1.29, 1.82) is 0 Å². The van der Waals surface area contributed by atoms with Crippen LogP contribution in [0.25, 0.3) is 0 Å². The van der Waals surface area contributed by atoms with Crippen LogP contribution in [0.4, 0.5) is 11.6 Å². The van der Waals surface area contributed by atoms with Gasteiger partial charge < -0.3 is 10.6 Å². The first kappa shape index (κ1) is 12.7. The molecule has 0 unspecified atom stereocenters. The molecule has 7 heteroatoms. The van der Waals surface area contributed by atoms with Crippen LogP contribution in [0.15, 0.2) is 18.2 Å². The van der Waals surface area contributed by atoms with Gasteiger partial charge >= 0.3 is 0 Å². The lowest BCUT2D eigenvalue weighted by molar-refractivity contribution is -0.114. The second kappa shape index (κ2) is 6.30. The Balaban J connectivity index is 2.71. The molecule has 2 amide bonds. The molecule has 0 radical (unpaired) electrons. The first-order valence-corrected chi connectivity index (χ1v) is 5.41. The van der Waals surface area contributed by atoms with E-state index in [1.165, 1.54) is 0 Å². The number of amides is 2. The average molecular weight is 262 g/mol. The predicted molar refractivity (Wildman–Crippen MR) is 62.9 cm³/mol. The van der Waals surface area contributed by atoms with Gasteiger partial charge in [0, 0.05) is 0 Å². The van der Waals surface area contributed by atoms with Crippen molar-refractivity contribution < 1.29 is 9.59 Å². The van der Waals surface area contributed by atoms with Crippen LogP contribution >= 0.6 is 23.2 Å². The Morgan fingerprint density at radius 3 is 1.88 bits per heavy atom. The zero-order chi connectivity index (χ0) is 12.0. The minimum atomic E-state index is -0.366. The molecule has 1 rings (SSSR count). The van der Waals surface area contributed by atoms with Gasteiger partial charge in [-0.25, -0.2) is 4.98 Å². The lowest BCUT2D eigenvalue weighted by Crippen LogP contribution is -2.16. The van der Waals surface area contributed by atoms with Crippen molar-refractivity contribution in [2.45, 2.75) is 0 Å². The Morgan fingerprint density at radius 2 is 1.50 bits per heavy atom. The van der Waals surface area contributed by atoms with Crippen LogP contribution in [0, 0.1) is 0 Å². The topological polar surface area (TPSA) is 71.1 Å². The fraction of sp³-hybridized carbons (Fsp3) is 0.222. The number of carbonyl (C=O) groups is 2. The second-order valence-corrected chi connectivity index (χ2v) is 3.31. The number of pyridine rings is 1. The number of hydrogen-bond donors (Lipinski definition) is 2. The molecule has 1 aromatic heterocycles. The van der Waals surface area contributed by atoms with Gasteiger partial charge in [0.1, 0.15) is 23.4 Å². The van der Waals surface area contributed by atoms with Crippen LogP contribution in [0.2, 0.25) is 0 Å². The highest BCUT2D eigenvalue weighted by Gasteiger charge is 2.04. The zero-order valence-corrected chi connectivity index (χ0v) is 9.68. The van der Waals surface area contributed by atoms with Gasteiger partial charge in [0.2, 0.25) is 11.8 Å². The maximum absolute atomic E-state index is 11.0. The summed E-state index contributed by atoms with van der Waals surface area (Å²) < 4.78 is 0. The lowest BCUT2D eigenvalue weighted by atomic mass is 10.4. The van der Waals surface area contributed by atoms with Crippen molar-refractivity contribution in [2.24, 2.45) is 0 Å². The van der Waals surface area contributed by atoms with Gasteiger partial charge in [-0.2, -0.15) is 0 Å². The zero-order valence-electron chi connectivity index (χ0n) is 8.17. The fourth-order valence-corrected chi connectivity index (χ4v) is 1.06. The summed E-state index contributed by atoms with van der Waals surface area (Å²) in [4.78, 5) is 25.9. The van der Waals surface area contributed by atoms with Crippen molar-refractivity contribution in [2.75, 3.05) is 22.4 Å². The molecule has 0 spiro atoms. The van der Waals surface area contributed by atoms with Gasteiger partial charge in [0.05, 0.1) is 0 Å². The maximum Gasteiger partial charge on any atom is 0.240 e. The van der Waals surface area contributed by atoms with Crippen molar-refractivity contribution >= 4 is 46.7 Å². The standard InChI is InChI=1S/C9H9Cl2N3O2/c10-4-8(15)13-6-2-1-3-7(12-6)14-9(16)5-11/h1-3H,4-5H2,(H2,12,13,14,15,16). The molecule has 0 saturated carbocycles. The van der Waals surface area contributed by atoms with E-state index in [2.05, 4.69) is 15.6 Å². The fourth-order valence-electron chi connectivity index (χ4n) is 0.926. The summed E-state index contributed by atoms with van der Waals surface area (Å²) in [6.07, 6.45) is 0. The molecule has 1 aromatic rings. The number of hydrogen-bond acceptors (Lipinski definition) is 3. The third-order valence-corrected chi connectivity index (χ3v) is 2.01. The minimum absolute atomic E-state index is 0.153. The average Bonchev–Trinajstić information content (AvgIpc) is 2.29. The third kappa shape index (κ3) is 4.04. The van der Waals surface area contributed by atoms with E-state index in [1.807, 2.05) is 0 Å². The van der Waals surface area contributed by atoms with Crippen LogP contribution < -0.4 is 10.6 Å². The number of carbonyl (C=O) groups excluding carboxylic acids is 2. The van der Waals surface area contributed by atoms with Gasteiger partial charge in [-0.15, -0.1) is 23.2 Å². The highest BCUT2D eigenvalue weighted by Crippen LogP contribution is 2.09. The molecule has 0 fully saturated rings. The molecule has 0 bridgehead atoms. The minimum Gasteiger partial charge on any atom is -0.310 e. The van der Waals surface area contributed by atoms with E-state index in [-0.39, 0.29) is 23.6 Å². The SMILES string of the molecule is O=C(CCl)Nc1cccc(NC(=O)CCl)n1. The van der Waals surface area contributed by atoms with E-state index in [0.29, 0.717) is 11.6 Å². The molecular formula is C9H9Cl2N3O2. The lowest BCUT2D eigenvalue weighted by Gasteiger charge is -2.05. The normalized spacial score (nSPS) is 9.62. The summed E-state index contributed by atoms with van der Waals surface area (Å²) in [5, 5.41) is 4.91.